The summed E-state index contributed by atoms with van der Waals surface area (Å²) in [6.45, 7) is 25.1. The first-order valence-electron chi connectivity index (χ1n) is 17.9. The Labute approximate surface area is 281 Å². The summed E-state index contributed by atoms with van der Waals surface area (Å²) in [5.74, 6) is 2.43. The van der Waals surface area contributed by atoms with Crippen molar-refractivity contribution in [3.63, 3.8) is 0 Å². The average Bonchev–Trinajstić information content (AvgIpc) is 3.30. The molecule has 0 bridgehead atoms. The Kier molecular flexibility index (Phi) is 10.6. The van der Waals surface area contributed by atoms with E-state index in [4.69, 9.17) is 14.0 Å². The summed E-state index contributed by atoms with van der Waals surface area (Å²) < 4.78 is 12.3. The molecule has 0 unspecified atom stereocenters. The molecule has 0 aromatic carbocycles. The van der Waals surface area contributed by atoms with E-state index in [2.05, 4.69) is 58.9 Å². The molecule has 0 N–H and O–H groups in total. The molecule has 0 aliphatic heterocycles. The van der Waals surface area contributed by atoms with Crippen LogP contribution in [0, 0.1) is 34.5 Å². The smallest absolute Gasteiger partial charge is 0.435 e. The highest BCUT2D eigenvalue weighted by Crippen LogP contribution is 2.66. The normalized spacial score (nSPS) is 33.3. The van der Waals surface area contributed by atoms with Gasteiger partial charge in [-0.1, -0.05) is 51.4 Å². The minimum Gasteiger partial charge on any atom is -0.444 e. The van der Waals surface area contributed by atoms with Crippen molar-refractivity contribution in [2.24, 2.45) is 39.7 Å². The quantitative estimate of drug-likeness (QED) is 0.0895. The molecule has 9 heteroatoms. The Morgan fingerprint density at radius 3 is 2.17 bits per heavy atom. The molecule has 2 amide bonds. The molecule has 46 heavy (non-hydrogen) atoms. The van der Waals surface area contributed by atoms with E-state index in [0.29, 0.717) is 36.9 Å². The van der Waals surface area contributed by atoms with Crippen molar-refractivity contribution in [2.45, 2.75) is 144 Å². The van der Waals surface area contributed by atoms with Gasteiger partial charge in [0.25, 0.3) is 0 Å². The Morgan fingerprint density at radius 1 is 0.935 bits per heavy atom. The number of allylic oxidation sites excluding steroid dienone is 1. The fourth-order valence-corrected chi connectivity index (χ4v) is 10.5. The Balaban J connectivity index is 1.36. The highest BCUT2D eigenvalue weighted by Gasteiger charge is 2.59. The van der Waals surface area contributed by atoms with E-state index in [1.54, 1.807) is 19.7 Å². The van der Waals surface area contributed by atoms with E-state index >= 15 is 0 Å². The number of oxime groups is 1. The van der Waals surface area contributed by atoms with E-state index in [-0.39, 0.29) is 15.9 Å². The minimum absolute atomic E-state index is 0.174. The van der Waals surface area contributed by atoms with Gasteiger partial charge in [0.1, 0.15) is 5.60 Å². The van der Waals surface area contributed by atoms with Gasteiger partial charge >= 0.3 is 12.2 Å². The molecule has 262 valence electrons. The predicted molar refractivity (Wildman–Crippen MR) is 188 cm³/mol. The zero-order valence-electron chi connectivity index (χ0n) is 31.4. The van der Waals surface area contributed by atoms with Crippen LogP contribution >= 0.6 is 0 Å². The van der Waals surface area contributed by atoms with Crippen LogP contribution in [-0.2, 0) is 14.0 Å². The maximum Gasteiger partial charge on any atom is 0.435 e. The fourth-order valence-electron chi connectivity index (χ4n) is 9.07. The van der Waals surface area contributed by atoms with Crippen LogP contribution in [0.3, 0.4) is 0 Å². The van der Waals surface area contributed by atoms with Gasteiger partial charge in [-0.05, 0) is 126 Å². The molecular formula is C37H65N3O5Si. The Bertz CT molecular complexity index is 1200. The first-order valence-corrected chi connectivity index (χ1v) is 20.8. The summed E-state index contributed by atoms with van der Waals surface area (Å²) in [4.78, 5) is 33.4. The SMILES string of the molecule is C/C(=N\OC(=O)N(C)CCN(C)C(=O)OC(C)(C)C)[C@H]1CC[C@H]2[C@@H]3CC=C4C[C@@H](O[Si](C)(C)C(C)(C)C)CC[C@]4(C)[C@H]3CC[C@]12C. The van der Waals surface area contributed by atoms with Crippen molar-refractivity contribution in [3.05, 3.63) is 11.6 Å². The van der Waals surface area contributed by atoms with E-state index in [1.807, 2.05) is 27.7 Å². The number of ether oxygens (including phenoxy) is 1. The predicted octanol–water partition coefficient (Wildman–Crippen LogP) is 9.27. The van der Waals surface area contributed by atoms with Gasteiger partial charge in [-0.2, -0.15) is 0 Å². The Hall–Kier alpha value is -1.87. The van der Waals surface area contributed by atoms with Crippen molar-refractivity contribution < 1.29 is 23.6 Å². The lowest BCUT2D eigenvalue weighted by Crippen LogP contribution is -2.52. The lowest BCUT2D eigenvalue weighted by Gasteiger charge is -2.58. The van der Waals surface area contributed by atoms with Crippen LogP contribution in [0.2, 0.25) is 18.1 Å². The van der Waals surface area contributed by atoms with Crippen LogP contribution in [0.25, 0.3) is 0 Å². The van der Waals surface area contributed by atoms with Crippen molar-refractivity contribution in [1.82, 2.24) is 9.80 Å². The number of likely N-dealkylation sites (N-methyl/N-ethyl adjacent to an activating group) is 2. The molecule has 0 aromatic heterocycles. The number of carbonyl (C=O) groups is 2. The lowest BCUT2D eigenvalue weighted by molar-refractivity contribution is -0.0415. The largest absolute Gasteiger partial charge is 0.444 e. The van der Waals surface area contributed by atoms with Crippen LogP contribution < -0.4 is 0 Å². The van der Waals surface area contributed by atoms with E-state index in [9.17, 15) is 9.59 Å². The zero-order valence-corrected chi connectivity index (χ0v) is 32.4. The molecule has 4 aliphatic rings. The van der Waals surface area contributed by atoms with Gasteiger partial charge in [-0.25, -0.2) is 9.59 Å². The van der Waals surface area contributed by atoms with Crippen LogP contribution in [0.15, 0.2) is 16.8 Å². The van der Waals surface area contributed by atoms with Crippen molar-refractivity contribution >= 4 is 26.2 Å². The second-order valence-electron chi connectivity index (χ2n) is 18.1. The molecule has 3 fully saturated rings. The number of carbonyl (C=O) groups excluding carboxylic acids is 2. The summed E-state index contributed by atoms with van der Waals surface area (Å²) in [7, 11) is 1.55. The molecule has 0 spiro atoms. The standard InChI is InChI=1S/C37H65N3O5Si/c1-25(38-44-33(42)40(11)23-22-39(10)32(41)43-34(2,3)4)29-16-17-30-28-15-14-26-24-27(45-46(12,13)35(5,6)7)18-20-36(26,8)31(28)19-21-37(29,30)9/h14,27-31H,15-24H2,1-13H3/b38-25+/t27-,28-,29+,30-,31-,36-,37+/m0/s1. The fraction of sp³-hybridized carbons (Fsp3) is 0.865. The molecule has 0 saturated heterocycles. The summed E-state index contributed by atoms with van der Waals surface area (Å²) in [6.07, 6.45) is 11.6. The van der Waals surface area contributed by atoms with Crippen molar-refractivity contribution in [1.29, 1.82) is 0 Å². The van der Waals surface area contributed by atoms with E-state index in [1.165, 1.54) is 48.3 Å². The molecule has 8 nitrogen and oxygen atoms in total. The van der Waals surface area contributed by atoms with Gasteiger partial charge in [0.05, 0.1) is 5.71 Å². The molecule has 3 saturated carbocycles. The van der Waals surface area contributed by atoms with Gasteiger partial charge in [0.2, 0.25) is 0 Å². The number of fused-ring (bicyclic) bond motifs is 5. The molecule has 0 heterocycles. The van der Waals surface area contributed by atoms with Gasteiger partial charge in [-0.3, -0.25) is 4.84 Å². The third-order valence-corrected chi connectivity index (χ3v) is 17.4. The number of rotatable bonds is 7. The summed E-state index contributed by atoms with van der Waals surface area (Å²) in [5, 5.41) is 4.65. The number of nitrogens with zero attached hydrogens (tertiary/aromatic N) is 3. The molecule has 0 aromatic rings. The number of hydrogen-bond donors (Lipinski definition) is 0. The minimum atomic E-state index is -1.79. The van der Waals surface area contributed by atoms with Crippen LogP contribution in [0.4, 0.5) is 9.59 Å². The van der Waals surface area contributed by atoms with Gasteiger partial charge in [-0.15, -0.1) is 0 Å². The van der Waals surface area contributed by atoms with Crippen molar-refractivity contribution in [2.75, 3.05) is 27.2 Å². The topological polar surface area (TPSA) is 80.7 Å². The number of hydrogen-bond acceptors (Lipinski definition) is 6. The van der Waals surface area contributed by atoms with Crippen LogP contribution in [0.5, 0.6) is 0 Å². The summed E-state index contributed by atoms with van der Waals surface area (Å²) in [5.41, 5.74) is 2.50. The van der Waals surface area contributed by atoms with Crippen molar-refractivity contribution in [3.8, 4) is 0 Å². The number of amides is 2. The van der Waals surface area contributed by atoms with Gasteiger partial charge in [0, 0.05) is 39.2 Å². The lowest BCUT2D eigenvalue weighted by atomic mass is 9.47. The third kappa shape index (κ3) is 7.55. The first-order chi connectivity index (χ1) is 21.1. The third-order valence-electron chi connectivity index (χ3n) is 12.9. The average molecular weight is 660 g/mol. The first kappa shape index (κ1) is 37.0. The summed E-state index contributed by atoms with van der Waals surface area (Å²) >= 11 is 0. The molecular weight excluding hydrogens is 595 g/mol. The second kappa shape index (κ2) is 13.2. The monoisotopic (exact) mass is 659 g/mol. The van der Waals surface area contributed by atoms with E-state index < -0.39 is 26.1 Å². The molecule has 0 radical (unpaired) electrons. The second-order valence-corrected chi connectivity index (χ2v) is 22.8. The molecule has 4 aliphatic carbocycles. The van der Waals surface area contributed by atoms with Gasteiger partial charge in [0.15, 0.2) is 8.32 Å². The van der Waals surface area contributed by atoms with Gasteiger partial charge < -0.3 is 19.0 Å². The molecule has 7 atom stereocenters. The Morgan fingerprint density at radius 2 is 1.57 bits per heavy atom. The van der Waals surface area contributed by atoms with Crippen LogP contribution in [0.1, 0.15) is 114 Å². The van der Waals surface area contributed by atoms with E-state index in [0.717, 1.165) is 24.5 Å². The molecule has 4 rings (SSSR count). The highest BCUT2D eigenvalue weighted by molar-refractivity contribution is 6.74. The highest BCUT2D eigenvalue weighted by atomic mass is 28.4. The summed E-state index contributed by atoms with van der Waals surface area (Å²) in [6, 6.07) is 0. The zero-order chi connectivity index (χ0) is 34.5. The maximum absolute atomic E-state index is 12.8. The maximum atomic E-state index is 12.8. The van der Waals surface area contributed by atoms with Crippen LogP contribution in [-0.4, -0.2) is 74.9 Å².